The minimum atomic E-state index is -3.31. The highest BCUT2D eigenvalue weighted by molar-refractivity contribution is 7.92. The van der Waals surface area contributed by atoms with Crippen LogP contribution in [0.1, 0.15) is 13.3 Å². The lowest BCUT2D eigenvalue weighted by atomic mass is 10.3. The molecule has 2 N–H and O–H groups in total. The van der Waals surface area contributed by atoms with E-state index in [1.807, 2.05) is 6.92 Å². The molecule has 8 heteroatoms. The van der Waals surface area contributed by atoms with Crippen LogP contribution in [0.25, 0.3) is 0 Å². The lowest BCUT2D eigenvalue weighted by Gasteiger charge is -2.09. The van der Waals surface area contributed by atoms with Gasteiger partial charge in [0.25, 0.3) is 0 Å². The number of nitrogens with one attached hydrogen (secondary N) is 2. The number of hydrogen-bond acceptors (Lipinski definition) is 4. The van der Waals surface area contributed by atoms with Gasteiger partial charge in [-0.25, -0.2) is 13.4 Å². The smallest absolute Gasteiger partial charge is 0.232 e. The first kappa shape index (κ1) is 16.9. The molecule has 0 unspecified atom stereocenters. The molecule has 0 radical (unpaired) electrons. The number of pyridine rings is 1. The Kier molecular flexibility index (Phi) is 5.50. The molecular formula is C14H15Cl2N3O2S. The van der Waals surface area contributed by atoms with Gasteiger partial charge in [0.2, 0.25) is 10.0 Å². The van der Waals surface area contributed by atoms with Crippen LogP contribution < -0.4 is 10.0 Å². The van der Waals surface area contributed by atoms with E-state index in [0.717, 1.165) is 5.69 Å². The SMILES string of the molecule is CCCS(=O)(=O)Nc1ccc(Nc2ccc(Cl)c(Cl)c2)nc1. The van der Waals surface area contributed by atoms with Crippen molar-refractivity contribution in [2.24, 2.45) is 0 Å². The molecule has 1 aromatic heterocycles. The summed E-state index contributed by atoms with van der Waals surface area (Å²) in [6, 6.07) is 8.45. The Morgan fingerprint density at radius 2 is 1.82 bits per heavy atom. The Morgan fingerprint density at radius 3 is 2.41 bits per heavy atom. The number of benzene rings is 1. The van der Waals surface area contributed by atoms with Crippen LogP contribution in [0, 0.1) is 0 Å². The molecule has 0 spiro atoms. The molecule has 0 aliphatic rings. The summed E-state index contributed by atoms with van der Waals surface area (Å²) in [5, 5.41) is 3.97. The van der Waals surface area contributed by atoms with E-state index in [0.29, 0.717) is 28.0 Å². The zero-order valence-corrected chi connectivity index (χ0v) is 14.1. The van der Waals surface area contributed by atoms with Crippen molar-refractivity contribution < 1.29 is 8.42 Å². The molecule has 5 nitrogen and oxygen atoms in total. The fraction of sp³-hybridized carbons (Fsp3) is 0.214. The predicted octanol–water partition coefficient (Wildman–Crippen LogP) is 4.28. The Hall–Kier alpha value is -1.50. The second-order valence-electron chi connectivity index (χ2n) is 4.61. The molecule has 0 saturated heterocycles. The summed E-state index contributed by atoms with van der Waals surface area (Å²) < 4.78 is 25.8. The first-order valence-electron chi connectivity index (χ1n) is 6.58. The molecule has 0 bridgehead atoms. The summed E-state index contributed by atoms with van der Waals surface area (Å²) >= 11 is 11.8. The van der Waals surface area contributed by atoms with Crippen molar-refractivity contribution in [2.45, 2.75) is 13.3 Å². The number of nitrogens with zero attached hydrogens (tertiary/aromatic N) is 1. The fourth-order valence-corrected chi connectivity index (χ4v) is 3.17. The van der Waals surface area contributed by atoms with E-state index in [9.17, 15) is 8.42 Å². The maximum atomic E-state index is 11.7. The summed E-state index contributed by atoms with van der Waals surface area (Å²) in [5.41, 5.74) is 1.16. The zero-order chi connectivity index (χ0) is 16.2. The molecule has 2 rings (SSSR count). The van der Waals surface area contributed by atoms with Crippen LogP contribution in [0.15, 0.2) is 36.5 Å². The van der Waals surface area contributed by atoms with Crippen LogP contribution in [0.2, 0.25) is 10.0 Å². The molecule has 1 heterocycles. The Morgan fingerprint density at radius 1 is 1.09 bits per heavy atom. The van der Waals surface area contributed by atoms with Crippen LogP contribution in [0.5, 0.6) is 0 Å². The number of rotatable bonds is 6. The molecule has 0 aliphatic carbocycles. The normalized spacial score (nSPS) is 11.2. The first-order chi connectivity index (χ1) is 10.4. The number of anilines is 3. The lowest BCUT2D eigenvalue weighted by Crippen LogP contribution is -2.16. The van der Waals surface area contributed by atoms with Gasteiger partial charge in [-0.3, -0.25) is 4.72 Å². The van der Waals surface area contributed by atoms with E-state index in [-0.39, 0.29) is 5.75 Å². The average Bonchev–Trinajstić information content (AvgIpc) is 2.44. The lowest BCUT2D eigenvalue weighted by molar-refractivity contribution is 0.600. The van der Waals surface area contributed by atoms with Crippen molar-refractivity contribution in [3.8, 4) is 0 Å². The maximum absolute atomic E-state index is 11.7. The zero-order valence-electron chi connectivity index (χ0n) is 11.8. The largest absolute Gasteiger partial charge is 0.340 e. The first-order valence-corrected chi connectivity index (χ1v) is 8.99. The van der Waals surface area contributed by atoms with Crippen LogP contribution in [-0.2, 0) is 10.0 Å². The van der Waals surface area contributed by atoms with Gasteiger partial charge in [-0.15, -0.1) is 0 Å². The summed E-state index contributed by atoms with van der Waals surface area (Å²) in [6.07, 6.45) is 2.01. The van der Waals surface area contributed by atoms with Gasteiger partial charge < -0.3 is 5.32 Å². The van der Waals surface area contributed by atoms with Gasteiger partial charge in [0.05, 0.1) is 27.7 Å². The minimum absolute atomic E-state index is 0.0796. The number of halogens is 2. The summed E-state index contributed by atoms with van der Waals surface area (Å²) in [7, 11) is -3.31. The van der Waals surface area contributed by atoms with Gasteiger partial charge in [-0.2, -0.15) is 0 Å². The number of hydrogen-bond donors (Lipinski definition) is 2. The quantitative estimate of drug-likeness (QED) is 0.807. The second-order valence-corrected chi connectivity index (χ2v) is 7.26. The molecular weight excluding hydrogens is 345 g/mol. The average molecular weight is 360 g/mol. The van der Waals surface area contributed by atoms with Crippen molar-refractivity contribution in [1.82, 2.24) is 4.98 Å². The van der Waals surface area contributed by atoms with E-state index in [4.69, 9.17) is 23.2 Å². The number of sulfonamides is 1. The molecule has 0 atom stereocenters. The third-order valence-corrected chi connectivity index (χ3v) is 4.93. The standard InChI is InChI=1S/C14H15Cl2N3O2S/c1-2-7-22(20,21)19-11-4-6-14(17-9-11)18-10-3-5-12(15)13(16)8-10/h3-6,8-9,19H,2,7H2,1H3,(H,17,18). The van der Waals surface area contributed by atoms with Crippen molar-refractivity contribution in [2.75, 3.05) is 15.8 Å². The topological polar surface area (TPSA) is 71.1 Å². The minimum Gasteiger partial charge on any atom is -0.340 e. The molecule has 2 aromatic rings. The van der Waals surface area contributed by atoms with Crippen molar-refractivity contribution >= 4 is 50.4 Å². The van der Waals surface area contributed by atoms with Crippen LogP contribution >= 0.6 is 23.2 Å². The van der Waals surface area contributed by atoms with E-state index in [1.165, 1.54) is 6.20 Å². The summed E-state index contributed by atoms with van der Waals surface area (Å²) in [6.45, 7) is 1.81. The van der Waals surface area contributed by atoms with Crippen LogP contribution in [0.4, 0.5) is 17.2 Å². The van der Waals surface area contributed by atoms with Crippen LogP contribution in [0.3, 0.4) is 0 Å². The van der Waals surface area contributed by atoms with Gasteiger partial charge in [-0.1, -0.05) is 30.1 Å². The maximum Gasteiger partial charge on any atom is 0.232 e. The van der Waals surface area contributed by atoms with Crippen molar-refractivity contribution in [3.05, 3.63) is 46.6 Å². The van der Waals surface area contributed by atoms with E-state index in [1.54, 1.807) is 30.3 Å². The van der Waals surface area contributed by atoms with E-state index >= 15 is 0 Å². The second kappa shape index (κ2) is 7.17. The third kappa shape index (κ3) is 4.76. The molecule has 1 aromatic carbocycles. The van der Waals surface area contributed by atoms with Gasteiger partial charge >= 0.3 is 0 Å². The molecule has 118 valence electrons. The molecule has 22 heavy (non-hydrogen) atoms. The van der Waals surface area contributed by atoms with Gasteiger partial charge in [0, 0.05) is 5.69 Å². The Balaban J connectivity index is 2.07. The Bertz CT molecular complexity index is 749. The Labute approximate surface area is 139 Å². The van der Waals surface area contributed by atoms with E-state index in [2.05, 4.69) is 15.0 Å². The van der Waals surface area contributed by atoms with Crippen molar-refractivity contribution in [3.63, 3.8) is 0 Å². The highest BCUT2D eigenvalue weighted by Crippen LogP contribution is 2.26. The molecule has 0 aliphatic heterocycles. The van der Waals surface area contributed by atoms with Crippen LogP contribution in [-0.4, -0.2) is 19.2 Å². The third-order valence-electron chi connectivity index (χ3n) is 2.70. The molecule has 0 saturated carbocycles. The fourth-order valence-electron chi connectivity index (χ4n) is 1.75. The monoisotopic (exact) mass is 359 g/mol. The molecule has 0 amide bonds. The van der Waals surface area contributed by atoms with Gasteiger partial charge in [0.15, 0.2) is 0 Å². The predicted molar refractivity (Wildman–Crippen MR) is 91.7 cm³/mol. The number of aromatic nitrogens is 1. The summed E-state index contributed by atoms with van der Waals surface area (Å²) in [4.78, 5) is 4.16. The summed E-state index contributed by atoms with van der Waals surface area (Å²) in [5.74, 6) is 0.646. The van der Waals surface area contributed by atoms with E-state index < -0.39 is 10.0 Å². The highest BCUT2D eigenvalue weighted by Gasteiger charge is 2.09. The molecule has 0 fully saturated rings. The van der Waals surface area contributed by atoms with Gasteiger partial charge in [0.1, 0.15) is 5.82 Å². The van der Waals surface area contributed by atoms with Crippen molar-refractivity contribution in [1.29, 1.82) is 0 Å². The van der Waals surface area contributed by atoms with Gasteiger partial charge in [-0.05, 0) is 36.8 Å². The highest BCUT2D eigenvalue weighted by atomic mass is 35.5.